The van der Waals surface area contributed by atoms with Gasteiger partial charge in [-0.3, -0.25) is 28.8 Å². The number of aliphatic hydroxyl groups excluding tert-OH is 6. The van der Waals surface area contributed by atoms with E-state index < -0.39 is 140 Å². The number of hydrogen-bond donors (Lipinski definition) is 14. The van der Waals surface area contributed by atoms with Crippen molar-refractivity contribution in [2.24, 2.45) is 0 Å². The molecule has 1 aliphatic rings. The summed E-state index contributed by atoms with van der Waals surface area (Å²) in [5.41, 5.74) is 4.71. The fourth-order valence-corrected chi connectivity index (χ4v) is 11.4. The summed E-state index contributed by atoms with van der Waals surface area (Å²) in [6.07, 6.45) is -13.6. The maximum atomic E-state index is 13.0. The van der Waals surface area contributed by atoms with E-state index in [2.05, 4.69) is 31.9 Å². The van der Waals surface area contributed by atoms with Gasteiger partial charge in [-0.05, 0) is 102 Å². The smallest absolute Gasteiger partial charge is 0.364 e. The number of rotatable bonds is 38. The number of benzene rings is 5. The lowest BCUT2D eigenvalue weighted by atomic mass is 9.88. The highest BCUT2D eigenvalue weighted by Gasteiger charge is 2.56. The van der Waals surface area contributed by atoms with E-state index >= 15 is 0 Å². The Bertz CT molecular complexity index is 3270. The van der Waals surface area contributed by atoms with Gasteiger partial charge in [-0.25, -0.2) is 9.59 Å². The first kappa shape index (κ1) is 75.2. The molecule has 0 radical (unpaired) electrons. The van der Waals surface area contributed by atoms with Crippen LogP contribution in [0.3, 0.4) is 0 Å². The normalized spacial score (nSPS) is 18.7. The third kappa shape index (κ3) is 22.7. The second-order valence-corrected chi connectivity index (χ2v) is 24.6. The molecule has 26 nitrogen and oxygen atoms in total. The third-order valence-electron chi connectivity index (χ3n) is 14.9. The van der Waals surface area contributed by atoms with Gasteiger partial charge < -0.3 is 91.7 Å². The predicted octanol–water partition coefficient (Wildman–Crippen LogP) is 2.53. The number of carbonyl (C=O) groups is 8. The molecule has 5 aromatic carbocycles. The summed E-state index contributed by atoms with van der Waals surface area (Å²) in [6, 6.07) is 35.9. The standard InChI is InChI=1S/C66H82N6O20S2/c1-40(71-41(2)73)51(75)36-66(64(87)88,92-62(84)54(78)39-70-61(83)50-22-18-46(19-23-50)44-14-8-5-9-15-44)90-31-11-33-94-35-29-68-59(81)48-26-24-47(25-27-48)58(80)67-28-34-93-32-10-30-89-65(63(85)86)37-52(76)55(72-42(3)74)57(91-65)56(79)53(77)38-69-60(82)49-20-16-45(17-21-49)43-12-6-4-7-13-43/h4-9,12-27,40,51-57,62,75-79,84H,10-11,28-39H2,1-3H3,(H,67,80)(H,68,81)(H,69,82)(H,70,83)(H,71,73)(H,72,74)(H,85,86)(H,87,88). The average Bonchev–Trinajstić information content (AvgIpc) is 0.777. The van der Waals surface area contributed by atoms with Crippen LogP contribution in [-0.4, -0.2) is 217 Å². The lowest BCUT2D eigenvalue weighted by Crippen LogP contribution is -2.68. The molecule has 94 heavy (non-hydrogen) atoms. The van der Waals surface area contributed by atoms with Crippen LogP contribution in [0.4, 0.5) is 0 Å². The molecule has 6 rings (SSSR count). The van der Waals surface area contributed by atoms with Gasteiger partial charge in [0.25, 0.3) is 35.2 Å². The number of carbonyl (C=O) groups excluding carboxylic acids is 6. The largest absolute Gasteiger partial charge is 0.477 e. The maximum absolute atomic E-state index is 13.0. The Kier molecular flexibility index (Phi) is 29.8. The highest BCUT2D eigenvalue weighted by molar-refractivity contribution is 7.99. The van der Waals surface area contributed by atoms with E-state index in [1.54, 1.807) is 48.5 Å². The van der Waals surface area contributed by atoms with Crippen LogP contribution in [0.2, 0.25) is 0 Å². The van der Waals surface area contributed by atoms with Crippen molar-refractivity contribution in [2.75, 3.05) is 62.4 Å². The summed E-state index contributed by atoms with van der Waals surface area (Å²) in [4.78, 5) is 101. The molecule has 508 valence electrons. The van der Waals surface area contributed by atoms with E-state index in [9.17, 15) is 79.2 Å². The number of aliphatic hydroxyl groups is 6. The molecule has 11 unspecified atom stereocenters. The summed E-state index contributed by atoms with van der Waals surface area (Å²) < 4.78 is 22.7. The van der Waals surface area contributed by atoms with Crippen molar-refractivity contribution in [3.05, 3.63) is 156 Å². The van der Waals surface area contributed by atoms with Crippen LogP contribution in [0, 0.1) is 0 Å². The second-order valence-electron chi connectivity index (χ2n) is 22.1. The Hall–Kier alpha value is -7.84. The molecule has 6 amide bonds. The van der Waals surface area contributed by atoms with Crippen LogP contribution >= 0.6 is 23.5 Å². The number of ether oxygens (including phenoxy) is 4. The molecular formula is C66H82N6O20S2. The minimum Gasteiger partial charge on any atom is -0.477 e. The maximum Gasteiger partial charge on any atom is 0.364 e. The highest BCUT2D eigenvalue weighted by atomic mass is 32.2. The molecule has 1 heterocycles. The molecule has 1 saturated heterocycles. The fraction of sp³-hybridized carbons (Fsp3) is 0.424. The molecule has 0 spiro atoms. The molecular weight excluding hydrogens is 1260 g/mol. The predicted molar refractivity (Wildman–Crippen MR) is 348 cm³/mol. The molecule has 11 atom stereocenters. The van der Waals surface area contributed by atoms with Gasteiger partial charge in [-0.15, -0.1) is 0 Å². The Labute approximate surface area is 551 Å². The minimum absolute atomic E-state index is 0.187. The summed E-state index contributed by atoms with van der Waals surface area (Å²) in [7, 11) is 0. The average molecular weight is 1340 g/mol. The van der Waals surface area contributed by atoms with Gasteiger partial charge in [0.15, 0.2) is 6.29 Å². The Morgan fingerprint density at radius 1 is 0.574 bits per heavy atom. The van der Waals surface area contributed by atoms with Gasteiger partial charge in [0.2, 0.25) is 11.8 Å². The first-order valence-corrected chi connectivity index (χ1v) is 32.7. The van der Waals surface area contributed by atoms with E-state index in [0.29, 0.717) is 23.0 Å². The van der Waals surface area contributed by atoms with Gasteiger partial charge in [0, 0.05) is 86.6 Å². The topological polar surface area (TPSA) is 408 Å². The second kappa shape index (κ2) is 37.3. The van der Waals surface area contributed by atoms with Crippen LogP contribution < -0.4 is 31.9 Å². The van der Waals surface area contributed by atoms with Crippen LogP contribution in [0.15, 0.2) is 133 Å². The zero-order valence-electron chi connectivity index (χ0n) is 52.1. The van der Waals surface area contributed by atoms with Crippen molar-refractivity contribution < 1.29 is 98.2 Å². The number of hydrogen-bond acceptors (Lipinski definition) is 20. The van der Waals surface area contributed by atoms with Gasteiger partial charge in [-0.1, -0.05) is 84.9 Å². The summed E-state index contributed by atoms with van der Waals surface area (Å²) >= 11 is 2.81. The monoisotopic (exact) mass is 1340 g/mol. The van der Waals surface area contributed by atoms with Crippen molar-refractivity contribution in [1.82, 2.24) is 31.9 Å². The van der Waals surface area contributed by atoms with E-state index in [4.69, 9.17) is 18.9 Å². The number of thioether (sulfide) groups is 2. The SMILES string of the molecule is CC(=O)NC(C)C(O)CC(OCCCSCCNC(=O)c1ccc(C(=O)NCCSCCCOC2(C(=O)O)CC(O)C(NC(C)=O)C(C(O)C(O)CNC(=O)c3ccc(-c4ccccc4)cc3)O2)cc1)(OC(O)C(O)CNC(=O)c1ccc(-c2ccccc2)cc1)C(=O)O. The number of aliphatic carboxylic acids is 2. The molecule has 5 aromatic rings. The Morgan fingerprint density at radius 2 is 1.01 bits per heavy atom. The van der Waals surface area contributed by atoms with Crippen LogP contribution in [0.1, 0.15) is 87.9 Å². The first-order valence-electron chi connectivity index (χ1n) is 30.3. The third-order valence-corrected chi connectivity index (χ3v) is 17.1. The Morgan fingerprint density at radius 3 is 1.46 bits per heavy atom. The lowest BCUT2D eigenvalue weighted by Gasteiger charge is -2.46. The van der Waals surface area contributed by atoms with Crippen molar-refractivity contribution in [2.45, 2.75) is 113 Å². The summed E-state index contributed by atoms with van der Waals surface area (Å²) in [5, 5.41) is 102. The zero-order chi connectivity index (χ0) is 68.4. The van der Waals surface area contributed by atoms with Crippen LogP contribution in [0.5, 0.6) is 0 Å². The molecule has 0 aliphatic carbocycles. The van der Waals surface area contributed by atoms with Gasteiger partial charge in [0.1, 0.15) is 18.3 Å². The van der Waals surface area contributed by atoms with Gasteiger partial charge in [-0.2, -0.15) is 23.5 Å². The van der Waals surface area contributed by atoms with Gasteiger partial charge in [0.05, 0.1) is 43.6 Å². The van der Waals surface area contributed by atoms with E-state index in [0.717, 1.165) is 29.2 Å². The molecule has 14 N–H and O–H groups in total. The van der Waals surface area contributed by atoms with Crippen molar-refractivity contribution in [3.63, 3.8) is 0 Å². The van der Waals surface area contributed by atoms with E-state index in [-0.39, 0.29) is 61.4 Å². The van der Waals surface area contributed by atoms with Crippen LogP contribution in [-0.2, 0) is 38.1 Å². The number of carboxylic acids is 2. The number of carboxylic acid groups (broad SMARTS) is 2. The summed E-state index contributed by atoms with van der Waals surface area (Å²) in [6.45, 7) is 2.73. The lowest BCUT2D eigenvalue weighted by molar-refractivity contribution is -0.316. The first-order chi connectivity index (χ1) is 44.9. The molecule has 28 heteroatoms. The van der Waals surface area contributed by atoms with Gasteiger partial charge >= 0.3 is 11.9 Å². The van der Waals surface area contributed by atoms with Crippen molar-refractivity contribution in [1.29, 1.82) is 0 Å². The fourth-order valence-electron chi connectivity index (χ4n) is 9.81. The molecule has 1 fully saturated rings. The number of nitrogens with one attached hydrogen (secondary N) is 6. The summed E-state index contributed by atoms with van der Waals surface area (Å²) in [5.74, 6) is -10.00. The van der Waals surface area contributed by atoms with E-state index in [1.165, 1.54) is 61.6 Å². The zero-order valence-corrected chi connectivity index (χ0v) is 53.7. The van der Waals surface area contributed by atoms with Crippen LogP contribution in [0.25, 0.3) is 22.3 Å². The molecule has 1 aliphatic heterocycles. The Balaban J connectivity index is 0.874. The highest BCUT2D eigenvalue weighted by Crippen LogP contribution is 2.34. The van der Waals surface area contributed by atoms with E-state index in [1.807, 2.05) is 60.7 Å². The molecule has 0 bridgehead atoms. The quantitative estimate of drug-likeness (QED) is 0.0199. The van der Waals surface area contributed by atoms with Crippen molar-refractivity contribution in [3.8, 4) is 22.3 Å². The minimum atomic E-state index is -2.73. The molecule has 0 aromatic heterocycles. The van der Waals surface area contributed by atoms with Crippen molar-refractivity contribution >= 4 is 70.9 Å². The number of amides is 6. The molecule has 0 saturated carbocycles.